The van der Waals surface area contributed by atoms with E-state index in [1.165, 1.54) is 57.8 Å². The van der Waals surface area contributed by atoms with Gasteiger partial charge in [-0.15, -0.1) is 0 Å². The Hall–Kier alpha value is -1.12. The summed E-state index contributed by atoms with van der Waals surface area (Å²) >= 11 is 0. The summed E-state index contributed by atoms with van der Waals surface area (Å²) in [4.78, 5) is 19.7. The Morgan fingerprint density at radius 3 is 2.79 bits per heavy atom. The highest BCUT2D eigenvalue weighted by molar-refractivity contribution is 5.79. The standard InChI is InChI=1S/C26H38N2O/c1-25-13-11-18(29)15-17(25)7-8-19-20-9-10-24(26(20,2)14-12-21(19)25)28-16-27-22-5-3-4-6-23(22)28/h10,16-17,19-23H,3-9,11-15H2,1-2H3/t17?,19?,20?,21?,22?,23?,25-,26-/m0/s1. The van der Waals surface area contributed by atoms with Crippen LogP contribution in [0.1, 0.15) is 90.9 Å². The number of hydrogen-bond acceptors (Lipinski definition) is 3. The Labute approximate surface area is 176 Å². The van der Waals surface area contributed by atoms with Crippen molar-refractivity contribution in [3.8, 4) is 0 Å². The van der Waals surface area contributed by atoms with Crippen molar-refractivity contribution in [2.24, 2.45) is 39.5 Å². The Balaban J connectivity index is 1.26. The second-order valence-electron chi connectivity index (χ2n) is 11.8. The molecule has 5 aliphatic carbocycles. The molecule has 29 heavy (non-hydrogen) atoms. The van der Waals surface area contributed by atoms with Gasteiger partial charge in [0, 0.05) is 24.0 Å². The maximum atomic E-state index is 12.1. The van der Waals surface area contributed by atoms with E-state index in [1.54, 1.807) is 5.70 Å². The topological polar surface area (TPSA) is 32.7 Å². The zero-order valence-electron chi connectivity index (χ0n) is 18.4. The van der Waals surface area contributed by atoms with Crippen molar-refractivity contribution in [3.05, 3.63) is 11.8 Å². The molecule has 0 aromatic heterocycles. The van der Waals surface area contributed by atoms with E-state index in [0.717, 1.165) is 37.0 Å². The molecule has 0 radical (unpaired) electrons. The van der Waals surface area contributed by atoms with Crippen molar-refractivity contribution in [1.29, 1.82) is 0 Å². The van der Waals surface area contributed by atoms with Gasteiger partial charge in [-0.05, 0) is 80.5 Å². The minimum atomic E-state index is 0.340. The monoisotopic (exact) mass is 394 g/mol. The van der Waals surface area contributed by atoms with Crippen LogP contribution in [0.15, 0.2) is 16.8 Å². The molecule has 0 bridgehead atoms. The zero-order chi connectivity index (χ0) is 19.8. The molecule has 0 amide bonds. The first kappa shape index (κ1) is 18.6. The van der Waals surface area contributed by atoms with Gasteiger partial charge in [0.2, 0.25) is 0 Å². The molecule has 1 heterocycles. The van der Waals surface area contributed by atoms with Gasteiger partial charge in [0.25, 0.3) is 0 Å². The van der Waals surface area contributed by atoms with Gasteiger partial charge in [-0.1, -0.05) is 32.8 Å². The minimum absolute atomic E-state index is 0.340. The molecule has 0 N–H and O–H groups in total. The van der Waals surface area contributed by atoms with Crippen molar-refractivity contribution in [1.82, 2.24) is 4.90 Å². The lowest BCUT2D eigenvalue weighted by atomic mass is 9.45. The molecular weight excluding hydrogens is 356 g/mol. The smallest absolute Gasteiger partial charge is 0.133 e. The fourth-order valence-electron chi connectivity index (χ4n) is 9.06. The molecule has 3 heteroatoms. The first-order valence-electron chi connectivity index (χ1n) is 12.5. The zero-order valence-corrected chi connectivity index (χ0v) is 18.4. The van der Waals surface area contributed by atoms with Crippen molar-refractivity contribution in [2.45, 2.75) is 103 Å². The van der Waals surface area contributed by atoms with Gasteiger partial charge in [0.05, 0.1) is 18.4 Å². The molecule has 3 nitrogen and oxygen atoms in total. The molecule has 0 aromatic carbocycles. The van der Waals surface area contributed by atoms with Crippen LogP contribution in [0.2, 0.25) is 0 Å². The van der Waals surface area contributed by atoms with E-state index in [1.807, 2.05) is 0 Å². The van der Waals surface area contributed by atoms with Gasteiger partial charge in [-0.3, -0.25) is 9.79 Å². The Kier molecular flexibility index (Phi) is 4.14. The Morgan fingerprint density at radius 1 is 1.03 bits per heavy atom. The molecule has 158 valence electrons. The molecule has 1 aliphatic heterocycles. The summed E-state index contributed by atoms with van der Waals surface area (Å²) in [6, 6.07) is 1.19. The number of fused-ring (bicyclic) bond motifs is 6. The predicted molar refractivity (Wildman–Crippen MR) is 117 cm³/mol. The van der Waals surface area contributed by atoms with Crippen molar-refractivity contribution in [3.63, 3.8) is 0 Å². The van der Waals surface area contributed by atoms with Gasteiger partial charge >= 0.3 is 0 Å². The average Bonchev–Trinajstić information content (AvgIpc) is 3.29. The van der Waals surface area contributed by atoms with Gasteiger partial charge < -0.3 is 4.90 Å². The Bertz CT molecular complexity index is 771. The van der Waals surface area contributed by atoms with E-state index in [9.17, 15) is 4.79 Å². The molecule has 0 spiro atoms. The van der Waals surface area contributed by atoms with Crippen LogP contribution in [0, 0.1) is 34.5 Å². The third-order valence-electron chi connectivity index (χ3n) is 10.7. The second kappa shape index (κ2) is 6.44. The average molecular weight is 395 g/mol. The lowest BCUT2D eigenvalue weighted by Crippen LogP contribution is -2.54. The fraction of sp³-hybridized carbons (Fsp3) is 0.846. The number of hydrogen-bond donors (Lipinski definition) is 0. The summed E-state index contributed by atoms with van der Waals surface area (Å²) in [6.07, 6.45) is 19.7. The van der Waals surface area contributed by atoms with E-state index in [4.69, 9.17) is 4.99 Å². The molecule has 4 fully saturated rings. The van der Waals surface area contributed by atoms with Crippen LogP contribution in [0.3, 0.4) is 0 Å². The highest BCUT2D eigenvalue weighted by Gasteiger charge is 2.59. The number of nitrogens with zero attached hydrogens (tertiary/aromatic N) is 2. The lowest BCUT2D eigenvalue weighted by molar-refractivity contribution is -0.137. The number of aliphatic imine (C=N–C) groups is 1. The summed E-state index contributed by atoms with van der Waals surface area (Å²) < 4.78 is 0. The van der Waals surface area contributed by atoms with Crippen LogP contribution >= 0.6 is 0 Å². The Morgan fingerprint density at radius 2 is 1.90 bits per heavy atom. The molecule has 8 atom stereocenters. The quantitative estimate of drug-likeness (QED) is 0.567. The minimum Gasteiger partial charge on any atom is -0.331 e. The number of allylic oxidation sites excluding steroid dienone is 2. The SMILES string of the molecule is C[C@]12CCC(=O)CC1CCC1C2CC[C@]2(C)C(N3C=NC4CCCCC43)=CCC12. The predicted octanol–water partition coefficient (Wildman–Crippen LogP) is 5.75. The number of carbonyl (C=O) groups excluding carboxylic acids is 1. The number of carbonyl (C=O) groups is 1. The van der Waals surface area contributed by atoms with Crippen molar-refractivity contribution >= 4 is 12.1 Å². The largest absolute Gasteiger partial charge is 0.331 e. The van der Waals surface area contributed by atoms with E-state index >= 15 is 0 Å². The number of Topliss-reactive ketones (excluding diaryl/α,β-unsaturated/α-hetero) is 1. The van der Waals surface area contributed by atoms with Crippen molar-refractivity contribution < 1.29 is 4.79 Å². The molecule has 6 aliphatic rings. The number of ketones is 1. The van der Waals surface area contributed by atoms with Crippen LogP contribution in [-0.4, -0.2) is 29.1 Å². The van der Waals surface area contributed by atoms with Gasteiger partial charge in [-0.2, -0.15) is 0 Å². The molecule has 0 aromatic rings. The van der Waals surface area contributed by atoms with Gasteiger partial charge in [-0.25, -0.2) is 0 Å². The van der Waals surface area contributed by atoms with Crippen LogP contribution in [-0.2, 0) is 4.79 Å². The third kappa shape index (κ3) is 2.54. The molecule has 6 rings (SSSR count). The summed E-state index contributed by atoms with van der Waals surface area (Å²) in [7, 11) is 0. The summed E-state index contributed by atoms with van der Waals surface area (Å²) in [5.41, 5.74) is 2.39. The first-order chi connectivity index (χ1) is 14.0. The van der Waals surface area contributed by atoms with E-state index in [0.29, 0.717) is 34.6 Å². The van der Waals surface area contributed by atoms with Gasteiger partial charge in [0.1, 0.15) is 5.78 Å². The summed E-state index contributed by atoms with van der Waals surface area (Å²) in [5, 5.41) is 0. The molecule has 6 unspecified atom stereocenters. The van der Waals surface area contributed by atoms with E-state index in [-0.39, 0.29) is 0 Å². The van der Waals surface area contributed by atoms with Crippen LogP contribution in [0.4, 0.5) is 0 Å². The second-order valence-corrected chi connectivity index (χ2v) is 11.8. The first-order valence-corrected chi connectivity index (χ1v) is 12.5. The van der Waals surface area contributed by atoms with Crippen LogP contribution in [0.25, 0.3) is 0 Å². The van der Waals surface area contributed by atoms with E-state index in [2.05, 4.69) is 31.2 Å². The van der Waals surface area contributed by atoms with Crippen molar-refractivity contribution in [2.75, 3.05) is 0 Å². The summed E-state index contributed by atoms with van der Waals surface area (Å²) in [6.45, 7) is 5.15. The number of rotatable bonds is 1. The van der Waals surface area contributed by atoms with Crippen LogP contribution < -0.4 is 0 Å². The molecule has 0 saturated heterocycles. The fourth-order valence-corrected chi connectivity index (χ4v) is 9.06. The molecule has 4 saturated carbocycles. The maximum Gasteiger partial charge on any atom is 0.133 e. The van der Waals surface area contributed by atoms with Crippen LogP contribution in [0.5, 0.6) is 0 Å². The normalized spacial score (nSPS) is 51.2. The van der Waals surface area contributed by atoms with E-state index < -0.39 is 0 Å². The summed E-state index contributed by atoms with van der Waals surface area (Å²) in [5.74, 6) is 3.71. The highest BCUT2D eigenvalue weighted by Crippen LogP contribution is 2.66. The molecular formula is C26H38N2O. The third-order valence-corrected chi connectivity index (χ3v) is 10.7. The highest BCUT2D eigenvalue weighted by atomic mass is 16.1. The van der Waals surface area contributed by atoms with Gasteiger partial charge in [0.15, 0.2) is 0 Å². The lowest BCUT2D eigenvalue weighted by Gasteiger charge is -2.60. The maximum absolute atomic E-state index is 12.1.